The molecule has 9 nitrogen and oxygen atoms in total. The van der Waals surface area contributed by atoms with Gasteiger partial charge in [-0.15, -0.1) is 0 Å². The normalized spacial score (nSPS) is 14.0. The zero-order chi connectivity index (χ0) is 29.5. The first-order valence-corrected chi connectivity index (χ1v) is 14.9. The van der Waals surface area contributed by atoms with E-state index in [0.717, 1.165) is 36.6 Å². The predicted octanol–water partition coefficient (Wildman–Crippen LogP) is 4.95. The molecule has 0 amide bonds. The number of ether oxygens (including phenoxy) is 2. The molecule has 1 aliphatic rings. The second-order valence-corrected chi connectivity index (χ2v) is 12.0. The molecule has 3 N–H and O–H groups in total. The van der Waals surface area contributed by atoms with E-state index in [1.165, 1.54) is 7.11 Å². The number of fused-ring (bicyclic) bond motifs is 1. The number of hydrogen-bond donors (Lipinski definition) is 2. The fourth-order valence-electron chi connectivity index (χ4n) is 5.92. The van der Waals surface area contributed by atoms with Gasteiger partial charge in [-0.25, -0.2) is 13.2 Å². The maximum Gasteiger partial charge on any atom is 0.339 e. The lowest BCUT2D eigenvalue weighted by Crippen LogP contribution is -2.32. The number of aryl methyl sites for hydroxylation is 1. The highest BCUT2D eigenvalue weighted by molar-refractivity contribution is 7.89. The summed E-state index contributed by atoms with van der Waals surface area (Å²) >= 11 is 0. The zero-order valence-corrected chi connectivity index (χ0v) is 24.3. The van der Waals surface area contributed by atoms with E-state index in [9.17, 15) is 18.0 Å². The number of methoxy groups -OCH3 is 1. The Hall–Kier alpha value is -3.99. The Morgan fingerprint density at radius 2 is 1.71 bits per heavy atom. The van der Waals surface area contributed by atoms with E-state index in [1.54, 1.807) is 44.3 Å². The van der Waals surface area contributed by atoms with Crippen molar-refractivity contribution >= 4 is 32.7 Å². The Labute approximate surface area is 239 Å². The minimum Gasteiger partial charge on any atom is -0.497 e. The van der Waals surface area contributed by atoms with E-state index >= 15 is 0 Å². The Kier molecular flexibility index (Phi) is 7.74. The van der Waals surface area contributed by atoms with Gasteiger partial charge in [0.1, 0.15) is 11.9 Å². The molecule has 41 heavy (non-hydrogen) atoms. The molecule has 0 unspecified atom stereocenters. The second-order valence-electron chi connectivity index (χ2n) is 10.4. The molecule has 0 aliphatic heterocycles. The van der Waals surface area contributed by atoms with E-state index in [-0.39, 0.29) is 38.8 Å². The minimum atomic E-state index is -4.38. The lowest BCUT2D eigenvalue weighted by atomic mass is 9.86. The summed E-state index contributed by atoms with van der Waals surface area (Å²) in [5.74, 6) is 4.92. The van der Waals surface area contributed by atoms with Crippen molar-refractivity contribution in [1.29, 1.82) is 0 Å². The van der Waals surface area contributed by atoms with Crippen molar-refractivity contribution in [1.82, 2.24) is 9.40 Å². The van der Waals surface area contributed by atoms with E-state index in [0.29, 0.717) is 16.9 Å². The Morgan fingerprint density at radius 3 is 2.39 bits per heavy atom. The van der Waals surface area contributed by atoms with Crippen LogP contribution in [0, 0.1) is 13.8 Å². The zero-order valence-electron chi connectivity index (χ0n) is 23.5. The Bertz CT molecular complexity index is 1790. The van der Waals surface area contributed by atoms with Gasteiger partial charge < -0.3 is 14.0 Å². The highest BCUT2D eigenvalue weighted by Gasteiger charge is 2.35. The molecular weight excluding hydrogens is 542 g/mol. The van der Waals surface area contributed by atoms with Crippen LogP contribution >= 0.6 is 0 Å². The molecular formula is C31H33N3O6S. The van der Waals surface area contributed by atoms with Crippen LogP contribution in [0.5, 0.6) is 5.75 Å². The van der Waals surface area contributed by atoms with Gasteiger partial charge in [0.25, 0.3) is 10.0 Å². The second kappa shape index (κ2) is 11.1. The predicted molar refractivity (Wildman–Crippen MR) is 156 cm³/mol. The number of aromatic nitrogens is 1. The van der Waals surface area contributed by atoms with Crippen LogP contribution in [0.3, 0.4) is 0 Å². The molecule has 4 aromatic rings. The summed E-state index contributed by atoms with van der Waals surface area (Å²) in [7, 11) is -1.05. The number of carbonyl (C=O) groups excluding carboxylic acids is 2. The average Bonchev–Trinajstić information content (AvgIpc) is 3.60. The molecule has 0 atom stereocenters. The van der Waals surface area contributed by atoms with Crippen molar-refractivity contribution < 1.29 is 27.5 Å². The molecule has 1 heterocycles. The summed E-state index contributed by atoms with van der Waals surface area (Å²) in [5.41, 5.74) is 2.42. The van der Waals surface area contributed by atoms with Gasteiger partial charge >= 0.3 is 5.97 Å². The summed E-state index contributed by atoms with van der Waals surface area (Å²) in [5, 5.41) is 0.740. The van der Waals surface area contributed by atoms with E-state index in [4.69, 9.17) is 15.3 Å². The van der Waals surface area contributed by atoms with Crippen molar-refractivity contribution in [2.24, 2.45) is 12.9 Å². The van der Waals surface area contributed by atoms with Gasteiger partial charge in [0.05, 0.1) is 17.6 Å². The summed E-state index contributed by atoms with van der Waals surface area (Å²) in [4.78, 5) is 29.8. The fourth-order valence-corrected chi connectivity index (χ4v) is 7.03. The molecule has 1 saturated carbocycles. The molecule has 1 aromatic heterocycles. The van der Waals surface area contributed by atoms with Gasteiger partial charge in [-0.3, -0.25) is 10.6 Å². The highest BCUT2D eigenvalue weighted by atomic mass is 32.2. The quantitative estimate of drug-likeness (QED) is 0.132. The number of nitrogens with zero attached hydrogens (tertiary/aromatic N) is 1. The van der Waals surface area contributed by atoms with Crippen molar-refractivity contribution in [3.05, 3.63) is 82.5 Å². The molecule has 0 spiro atoms. The number of sulfonamides is 1. The Morgan fingerprint density at radius 1 is 1.00 bits per heavy atom. The van der Waals surface area contributed by atoms with Gasteiger partial charge in [0.2, 0.25) is 0 Å². The first-order chi connectivity index (χ1) is 19.6. The summed E-state index contributed by atoms with van der Waals surface area (Å²) in [6.07, 6.45) is 4.84. The fraction of sp³-hybridized carbons (Fsp3) is 0.290. The van der Waals surface area contributed by atoms with Crippen LogP contribution in [0.25, 0.3) is 22.0 Å². The number of carbonyl (C=O) groups is 2. The third kappa shape index (κ3) is 5.03. The lowest BCUT2D eigenvalue weighted by Gasteiger charge is -2.23. The minimum absolute atomic E-state index is 0.0268. The number of esters is 1. The molecule has 1 fully saturated rings. The molecule has 3 aromatic carbocycles. The van der Waals surface area contributed by atoms with Crippen LogP contribution in [0.2, 0.25) is 0 Å². The van der Waals surface area contributed by atoms with Gasteiger partial charge in [-0.05, 0) is 68.9 Å². The lowest BCUT2D eigenvalue weighted by molar-refractivity contribution is 0.0317. The number of ketones is 1. The maximum absolute atomic E-state index is 14.0. The maximum atomic E-state index is 14.0. The molecule has 5 rings (SSSR count). The first-order valence-electron chi connectivity index (χ1n) is 13.4. The van der Waals surface area contributed by atoms with Gasteiger partial charge in [-0.1, -0.05) is 30.3 Å². The number of para-hydroxylation sites is 1. The van der Waals surface area contributed by atoms with Gasteiger partial charge in [0.15, 0.2) is 5.78 Å². The number of hydrogen-bond acceptors (Lipinski definition) is 7. The van der Waals surface area contributed by atoms with Crippen molar-refractivity contribution in [3.8, 4) is 16.9 Å². The van der Waals surface area contributed by atoms with Crippen molar-refractivity contribution in [3.63, 3.8) is 0 Å². The molecule has 0 saturated heterocycles. The highest BCUT2D eigenvalue weighted by Crippen LogP contribution is 2.43. The summed E-state index contributed by atoms with van der Waals surface area (Å²) < 4.78 is 40.5. The molecule has 1 aliphatic carbocycles. The van der Waals surface area contributed by atoms with Gasteiger partial charge in [-0.2, -0.15) is 4.83 Å². The summed E-state index contributed by atoms with van der Waals surface area (Å²) in [6.45, 7) is 3.22. The molecule has 10 heteroatoms. The molecule has 0 radical (unpaired) electrons. The van der Waals surface area contributed by atoms with Gasteiger partial charge in [0, 0.05) is 46.4 Å². The smallest absolute Gasteiger partial charge is 0.339 e. The van der Waals surface area contributed by atoms with Crippen LogP contribution in [-0.2, 0) is 21.8 Å². The number of benzene rings is 3. The topological polar surface area (TPSA) is 130 Å². The monoisotopic (exact) mass is 575 g/mol. The van der Waals surface area contributed by atoms with Crippen LogP contribution in [0.4, 0.5) is 0 Å². The van der Waals surface area contributed by atoms with E-state index < -0.39 is 21.8 Å². The number of rotatable bonds is 8. The van der Waals surface area contributed by atoms with E-state index in [1.807, 2.05) is 40.7 Å². The SMILES string of the molecule is COc1cccc(C(=O)c2c(C)c(C(=O)OC3CCCC3)c(-c3cn(C)c4ccccc34)c(S(=O)(=O)NN)c2C)c1. The molecule has 0 bridgehead atoms. The van der Waals surface area contributed by atoms with E-state index in [2.05, 4.69) is 0 Å². The molecule has 214 valence electrons. The van der Waals surface area contributed by atoms with Crippen LogP contribution in [0.15, 0.2) is 59.6 Å². The third-order valence-electron chi connectivity index (χ3n) is 7.87. The first kappa shape index (κ1) is 28.5. The van der Waals surface area contributed by atoms with Crippen molar-refractivity contribution in [2.75, 3.05) is 7.11 Å². The Balaban J connectivity index is 1.89. The summed E-state index contributed by atoms with van der Waals surface area (Å²) in [6, 6.07) is 14.1. The standard InChI is InChI=1S/C31H33N3O6S/c1-18-26(29(35)20-10-9-13-22(16-20)39-4)19(2)30(41(37,38)33-32)28(27(18)31(36)40-21-11-5-6-12-21)24-17-34(3)25-15-8-7-14-23(24)25/h7-10,13-17,21,33H,5-6,11-12,32H2,1-4H3. The van der Waals surface area contributed by atoms with Crippen LogP contribution < -0.4 is 15.4 Å². The number of hydrazine groups is 1. The third-order valence-corrected chi connectivity index (χ3v) is 9.23. The number of nitrogens with two attached hydrogens (primary N) is 1. The largest absolute Gasteiger partial charge is 0.497 e. The van der Waals surface area contributed by atoms with Crippen molar-refractivity contribution in [2.45, 2.75) is 50.5 Å². The van der Waals surface area contributed by atoms with Crippen LogP contribution in [-0.4, -0.2) is 38.0 Å². The average molecular weight is 576 g/mol. The number of nitrogens with one attached hydrogen (secondary N) is 1. The van der Waals surface area contributed by atoms with Crippen LogP contribution in [0.1, 0.15) is 63.1 Å².